The number of nitrogens with one attached hydrogen (secondary N) is 1. The van der Waals surface area contributed by atoms with E-state index < -0.39 is 0 Å². The van der Waals surface area contributed by atoms with Gasteiger partial charge in [-0.1, -0.05) is 13.8 Å². The zero-order valence-corrected chi connectivity index (χ0v) is 8.97. The van der Waals surface area contributed by atoms with E-state index in [4.69, 9.17) is 5.73 Å². The normalized spacial score (nSPS) is 13.0. The Hall–Kier alpha value is -0.570. The predicted octanol–water partition coefficient (Wildman–Crippen LogP) is 1.28. The van der Waals surface area contributed by atoms with Crippen molar-refractivity contribution in [3.63, 3.8) is 0 Å². The summed E-state index contributed by atoms with van der Waals surface area (Å²) in [6, 6.07) is 0.206. The Balaban J connectivity index is 3.30. The Bertz CT molecular complexity index is 144. The Morgan fingerprint density at radius 2 is 2.00 bits per heavy atom. The molecule has 0 rings (SSSR count). The van der Waals surface area contributed by atoms with Crippen LogP contribution in [-0.4, -0.2) is 18.5 Å². The molecule has 0 aromatic carbocycles. The second-order valence-corrected chi connectivity index (χ2v) is 4.07. The molecule has 0 bridgehead atoms. The molecule has 0 aliphatic heterocycles. The van der Waals surface area contributed by atoms with Crippen molar-refractivity contribution >= 4 is 5.91 Å². The summed E-state index contributed by atoms with van der Waals surface area (Å²) in [7, 11) is 0. The molecule has 1 amide bonds. The first-order valence-electron chi connectivity index (χ1n) is 5.04. The maximum absolute atomic E-state index is 11.2. The summed E-state index contributed by atoms with van der Waals surface area (Å²) in [6.45, 7) is 6.91. The van der Waals surface area contributed by atoms with Crippen molar-refractivity contribution in [3.8, 4) is 0 Å². The summed E-state index contributed by atoms with van der Waals surface area (Å²) >= 11 is 0. The Morgan fingerprint density at radius 3 is 2.46 bits per heavy atom. The monoisotopic (exact) mass is 186 g/mol. The molecule has 0 heterocycles. The fourth-order valence-electron chi connectivity index (χ4n) is 0.991. The molecule has 0 radical (unpaired) electrons. The minimum absolute atomic E-state index is 0.148. The van der Waals surface area contributed by atoms with Crippen LogP contribution >= 0.6 is 0 Å². The molecular weight excluding hydrogens is 164 g/mol. The zero-order valence-electron chi connectivity index (χ0n) is 8.97. The first kappa shape index (κ1) is 12.4. The van der Waals surface area contributed by atoms with Crippen LogP contribution in [0, 0.1) is 5.92 Å². The highest BCUT2D eigenvalue weighted by Gasteiger charge is 2.02. The number of hydrogen-bond acceptors (Lipinski definition) is 2. The summed E-state index contributed by atoms with van der Waals surface area (Å²) in [6.07, 6.45) is 2.42. The molecule has 0 fully saturated rings. The van der Waals surface area contributed by atoms with Crippen LogP contribution in [-0.2, 0) is 4.79 Å². The fourth-order valence-corrected chi connectivity index (χ4v) is 0.991. The molecule has 0 aliphatic rings. The summed E-state index contributed by atoms with van der Waals surface area (Å²) in [5.41, 5.74) is 5.57. The molecule has 0 aromatic rings. The van der Waals surface area contributed by atoms with Crippen molar-refractivity contribution in [2.45, 2.75) is 46.1 Å². The van der Waals surface area contributed by atoms with Crippen LogP contribution in [0.25, 0.3) is 0 Å². The number of hydrogen-bond donors (Lipinski definition) is 2. The lowest BCUT2D eigenvalue weighted by molar-refractivity contribution is -0.121. The second kappa shape index (κ2) is 6.89. The van der Waals surface area contributed by atoms with Gasteiger partial charge >= 0.3 is 0 Å². The molecule has 3 N–H and O–H groups in total. The van der Waals surface area contributed by atoms with Gasteiger partial charge in [0.05, 0.1) is 0 Å². The van der Waals surface area contributed by atoms with E-state index in [0.717, 1.165) is 19.4 Å². The van der Waals surface area contributed by atoms with Gasteiger partial charge in [0, 0.05) is 19.0 Å². The highest BCUT2D eigenvalue weighted by molar-refractivity contribution is 5.75. The van der Waals surface area contributed by atoms with Crippen LogP contribution in [0.1, 0.15) is 40.0 Å². The van der Waals surface area contributed by atoms with Gasteiger partial charge < -0.3 is 11.1 Å². The zero-order chi connectivity index (χ0) is 10.3. The standard InChI is InChI=1S/C10H22N2O/c1-8(2)7-12-10(13)6-4-5-9(3)11/h8-9H,4-7,11H2,1-3H3,(H,12,13). The van der Waals surface area contributed by atoms with Crippen molar-refractivity contribution in [1.29, 1.82) is 0 Å². The topological polar surface area (TPSA) is 55.1 Å². The van der Waals surface area contributed by atoms with Gasteiger partial charge in [0.2, 0.25) is 5.91 Å². The molecule has 1 unspecified atom stereocenters. The largest absolute Gasteiger partial charge is 0.356 e. The maximum atomic E-state index is 11.2. The predicted molar refractivity (Wildman–Crippen MR) is 55.3 cm³/mol. The smallest absolute Gasteiger partial charge is 0.220 e. The summed E-state index contributed by atoms with van der Waals surface area (Å²) in [5.74, 6) is 0.673. The van der Waals surface area contributed by atoms with Gasteiger partial charge in [0.1, 0.15) is 0 Å². The lowest BCUT2D eigenvalue weighted by Gasteiger charge is -2.08. The van der Waals surface area contributed by atoms with Crippen LogP contribution in [0.4, 0.5) is 0 Å². The highest BCUT2D eigenvalue weighted by Crippen LogP contribution is 1.98. The number of carbonyl (C=O) groups is 1. The Kier molecular flexibility index (Phi) is 6.59. The van der Waals surface area contributed by atoms with E-state index in [0.29, 0.717) is 12.3 Å². The van der Waals surface area contributed by atoms with Crippen molar-refractivity contribution in [2.75, 3.05) is 6.54 Å². The van der Waals surface area contributed by atoms with Gasteiger partial charge in [0.15, 0.2) is 0 Å². The Morgan fingerprint density at radius 1 is 1.38 bits per heavy atom. The summed E-state index contributed by atoms with van der Waals surface area (Å²) < 4.78 is 0. The molecule has 3 heteroatoms. The third-order valence-electron chi connectivity index (χ3n) is 1.77. The lowest BCUT2D eigenvalue weighted by Crippen LogP contribution is -2.27. The third kappa shape index (κ3) is 9.34. The molecule has 3 nitrogen and oxygen atoms in total. The van der Waals surface area contributed by atoms with Crippen LogP contribution in [0.5, 0.6) is 0 Å². The average Bonchev–Trinajstić information content (AvgIpc) is 2.00. The van der Waals surface area contributed by atoms with Gasteiger partial charge in [-0.05, 0) is 25.7 Å². The third-order valence-corrected chi connectivity index (χ3v) is 1.77. The van der Waals surface area contributed by atoms with Gasteiger partial charge in [0.25, 0.3) is 0 Å². The number of rotatable bonds is 6. The van der Waals surface area contributed by atoms with Crippen molar-refractivity contribution in [3.05, 3.63) is 0 Å². The van der Waals surface area contributed by atoms with E-state index in [1.54, 1.807) is 0 Å². The van der Waals surface area contributed by atoms with Crippen molar-refractivity contribution in [2.24, 2.45) is 11.7 Å². The minimum atomic E-state index is 0.148. The van der Waals surface area contributed by atoms with E-state index in [-0.39, 0.29) is 11.9 Å². The molecule has 0 spiro atoms. The Labute approximate surface area is 81.1 Å². The van der Waals surface area contributed by atoms with Crippen LogP contribution < -0.4 is 11.1 Å². The average molecular weight is 186 g/mol. The maximum Gasteiger partial charge on any atom is 0.220 e. The quantitative estimate of drug-likeness (QED) is 0.656. The van der Waals surface area contributed by atoms with E-state index in [1.807, 2.05) is 6.92 Å². The molecule has 78 valence electrons. The van der Waals surface area contributed by atoms with E-state index in [1.165, 1.54) is 0 Å². The first-order valence-corrected chi connectivity index (χ1v) is 5.04. The van der Waals surface area contributed by atoms with Crippen LogP contribution in [0.2, 0.25) is 0 Å². The van der Waals surface area contributed by atoms with E-state index in [2.05, 4.69) is 19.2 Å². The number of amides is 1. The first-order chi connectivity index (χ1) is 6.02. The summed E-state index contributed by atoms with van der Waals surface area (Å²) in [5, 5.41) is 2.88. The van der Waals surface area contributed by atoms with Gasteiger partial charge in [-0.3, -0.25) is 4.79 Å². The van der Waals surface area contributed by atoms with Gasteiger partial charge in [-0.25, -0.2) is 0 Å². The molecular formula is C10H22N2O. The molecule has 13 heavy (non-hydrogen) atoms. The number of carbonyl (C=O) groups excluding carboxylic acids is 1. The van der Waals surface area contributed by atoms with Gasteiger partial charge in [-0.15, -0.1) is 0 Å². The van der Waals surface area contributed by atoms with Crippen molar-refractivity contribution in [1.82, 2.24) is 5.32 Å². The summed E-state index contributed by atoms with van der Waals surface area (Å²) in [4.78, 5) is 11.2. The van der Waals surface area contributed by atoms with E-state index >= 15 is 0 Å². The van der Waals surface area contributed by atoms with Gasteiger partial charge in [-0.2, -0.15) is 0 Å². The minimum Gasteiger partial charge on any atom is -0.356 e. The fraction of sp³-hybridized carbons (Fsp3) is 0.900. The molecule has 0 aliphatic carbocycles. The molecule has 1 atom stereocenters. The highest BCUT2D eigenvalue weighted by atomic mass is 16.1. The van der Waals surface area contributed by atoms with Crippen LogP contribution in [0.15, 0.2) is 0 Å². The molecule has 0 saturated carbocycles. The molecule has 0 aromatic heterocycles. The second-order valence-electron chi connectivity index (χ2n) is 4.07. The lowest BCUT2D eigenvalue weighted by atomic mass is 10.1. The van der Waals surface area contributed by atoms with Crippen molar-refractivity contribution < 1.29 is 4.79 Å². The number of nitrogens with two attached hydrogens (primary N) is 1. The van der Waals surface area contributed by atoms with Crippen LogP contribution in [0.3, 0.4) is 0 Å². The van der Waals surface area contributed by atoms with E-state index in [9.17, 15) is 4.79 Å². The SMILES string of the molecule is CC(C)CNC(=O)CCCC(C)N. The molecule has 0 saturated heterocycles.